The summed E-state index contributed by atoms with van der Waals surface area (Å²) in [7, 11) is 1.86. The molecule has 0 radical (unpaired) electrons. The van der Waals surface area contributed by atoms with Crippen LogP contribution in [0.1, 0.15) is 50.7 Å². The van der Waals surface area contributed by atoms with Gasteiger partial charge in [0.15, 0.2) is 5.96 Å². The lowest BCUT2D eigenvalue weighted by Crippen LogP contribution is -2.51. The fraction of sp³-hybridized carbons (Fsp3) is 0.520. The largest absolute Gasteiger partial charge is 0.356 e. The summed E-state index contributed by atoms with van der Waals surface area (Å²) in [4.78, 5) is 11.4. The van der Waals surface area contributed by atoms with Gasteiger partial charge in [-0.25, -0.2) is 0 Å². The minimum Gasteiger partial charge on any atom is -0.356 e. The highest BCUT2D eigenvalue weighted by molar-refractivity contribution is 14.0. The van der Waals surface area contributed by atoms with Crippen LogP contribution in [0.5, 0.6) is 0 Å². The van der Waals surface area contributed by atoms with Gasteiger partial charge in [-0.1, -0.05) is 50.2 Å². The molecule has 1 aliphatic heterocycles. The molecule has 0 saturated carbocycles. The fourth-order valence-corrected chi connectivity index (χ4v) is 4.33. The number of benzene rings is 1. The van der Waals surface area contributed by atoms with Crippen LogP contribution >= 0.6 is 24.0 Å². The smallest absolute Gasteiger partial charge is 0.191 e. The summed E-state index contributed by atoms with van der Waals surface area (Å²) in [6, 6.07) is 16.0. The number of likely N-dealkylation sites (tertiary alicyclic amines) is 1. The number of pyridine rings is 1. The van der Waals surface area contributed by atoms with Crippen molar-refractivity contribution in [1.29, 1.82) is 0 Å². The van der Waals surface area contributed by atoms with E-state index in [1.165, 1.54) is 11.1 Å². The molecule has 31 heavy (non-hydrogen) atoms. The van der Waals surface area contributed by atoms with E-state index in [1.54, 1.807) is 0 Å². The van der Waals surface area contributed by atoms with Crippen LogP contribution in [0.25, 0.3) is 0 Å². The van der Waals surface area contributed by atoms with E-state index in [1.807, 2.05) is 25.5 Å². The molecule has 6 heteroatoms. The Morgan fingerprint density at radius 1 is 1.19 bits per heavy atom. The topological polar surface area (TPSA) is 52.6 Å². The molecule has 0 aliphatic carbocycles. The second-order valence-corrected chi connectivity index (χ2v) is 8.76. The molecule has 1 aromatic carbocycles. The SMILES string of the molecule is CN=C(NCC(c1cccnc1)C(C)C)NC1CCN(Cc2ccccc2)C(C)C1.I. The summed E-state index contributed by atoms with van der Waals surface area (Å²) in [5, 5.41) is 7.22. The van der Waals surface area contributed by atoms with Gasteiger partial charge in [0.25, 0.3) is 0 Å². The first-order chi connectivity index (χ1) is 14.6. The first-order valence-electron chi connectivity index (χ1n) is 11.2. The summed E-state index contributed by atoms with van der Waals surface area (Å²) in [5.74, 6) is 1.84. The lowest BCUT2D eigenvalue weighted by Gasteiger charge is -2.38. The Hall–Kier alpha value is -1.67. The van der Waals surface area contributed by atoms with Gasteiger partial charge < -0.3 is 10.6 Å². The maximum absolute atomic E-state index is 4.48. The van der Waals surface area contributed by atoms with Crippen LogP contribution in [0, 0.1) is 5.92 Å². The van der Waals surface area contributed by atoms with Crippen LogP contribution in [0.15, 0.2) is 59.9 Å². The molecule has 2 N–H and O–H groups in total. The zero-order valence-corrected chi connectivity index (χ0v) is 21.6. The normalized spacial score (nSPS) is 20.7. The van der Waals surface area contributed by atoms with Crippen LogP contribution in [-0.4, -0.2) is 48.1 Å². The number of nitrogens with zero attached hydrogens (tertiary/aromatic N) is 3. The molecule has 0 amide bonds. The number of guanidine groups is 1. The van der Waals surface area contributed by atoms with Crippen molar-refractivity contribution in [3.05, 3.63) is 66.0 Å². The Balaban J connectivity index is 0.00000341. The Morgan fingerprint density at radius 2 is 1.97 bits per heavy atom. The van der Waals surface area contributed by atoms with E-state index < -0.39 is 0 Å². The molecular formula is C25H38IN5. The first kappa shape index (κ1) is 25.6. The summed E-state index contributed by atoms with van der Waals surface area (Å²) in [6.45, 7) is 9.85. The summed E-state index contributed by atoms with van der Waals surface area (Å²) in [5.41, 5.74) is 2.67. The number of piperidine rings is 1. The van der Waals surface area contributed by atoms with Gasteiger partial charge in [-0.2, -0.15) is 0 Å². The van der Waals surface area contributed by atoms with Crippen molar-refractivity contribution in [2.24, 2.45) is 10.9 Å². The number of aliphatic imine (C=N–C) groups is 1. The number of nitrogens with one attached hydrogen (secondary N) is 2. The molecule has 0 spiro atoms. The summed E-state index contributed by atoms with van der Waals surface area (Å²) < 4.78 is 0. The number of rotatable bonds is 7. The molecule has 2 heterocycles. The second kappa shape index (κ2) is 13.0. The standard InChI is InChI=1S/C25H37N5.HI/c1-19(2)24(22-11-8-13-27-16-22)17-28-25(26-4)29-23-12-14-30(20(3)15-23)18-21-9-6-5-7-10-21;/h5-11,13,16,19-20,23-24H,12,14-15,17-18H2,1-4H3,(H2,26,28,29);1H. The molecule has 1 aromatic heterocycles. The van der Waals surface area contributed by atoms with Crippen molar-refractivity contribution < 1.29 is 0 Å². The van der Waals surface area contributed by atoms with Gasteiger partial charge in [0.05, 0.1) is 0 Å². The van der Waals surface area contributed by atoms with Crippen molar-refractivity contribution >= 4 is 29.9 Å². The number of hydrogen-bond acceptors (Lipinski definition) is 3. The summed E-state index contributed by atoms with van der Waals surface area (Å²) >= 11 is 0. The molecule has 0 bridgehead atoms. The molecule has 5 nitrogen and oxygen atoms in total. The van der Waals surface area contributed by atoms with Crippen molar-refractivity contribution in [2.45, 2.75) is 58.2 Å². The van der Waals surface area contributed by atoms with Gasteiger partial charge >= 0.3 is 0 Å². The fourth-order valence-electron chi connectivity index (χ4n) is 4.33. The van der Waals surface area contributed by atoms with Gasteiger partial charge in [0.2, 0.25) is 0 Å². The third-order valence-corrected chi connectivity index (χ3v) is 6.21. The molecular weight excluding hydrogens is 497 g/mol. The van der Waals surface area contributed by atoms with Gasteiger partial charge in [-0.3, -0.25) is 14.9 Å². The molecule has 3 atom stereocenters. The van der Waals surface area contributed by atoms with Crippen molar-refractivity contribution in [3.63, 3.8) is 0 Å². The lowest BCUT2D eigenvalue weighted by molar-refractivity contribution is 0.134. The molecule has 3 unspecified atom stereocenters. The Kier molecular flexibility index (Phi) is 10.7. The Labute approximate surface area is 205 Å². The van der Waals surface area contributed by atoms with Gasteiger partial charge in [-0.05, 0) is 42.9 Å². The molecule has 170 valence electrons. The van der Waals surface area contributed by atoms with Crippen LogP contribution in [-0.2, 0) is 6.54 Å². The molecule has 3 rings (SSSR count). The predicted molar refractivity (Wildman–Crippen MR) is 141 cm³/mol. The Morgan fingerprint density at radius 3 is 2.58 bits per heavy atom. The van der Waals surface area contributed by atoms with E-state index in [0.29, 0.717) is 23.9 Å². The molecule has 2 aromatic rings. The zero-order chi connectivity index (χ0) is 21.3. The minimum absolute atomic E-state index is 0. The molecule has 1 fully saturated rings. The average molecular weight is 536 g/mol. The predicted octanol–water partition coefficient (Wildman–Crippen LogP) is 4.66. The van der Waals surface area contributed by atoms with Crippen LogP contribution in [0.2, 0.25) is 0 Å². The highest BCUT2D eigenvalue weighted by Gasteiger charge is 2.26. The van der Waals surface area contributed by atoms with Crippen molar-refractivity contribution in [2.75, 3.05) is 20.1 Å². The average Bonchev–Trinajstić information content (AvgIpc) is 2.76. The van der Waals surface area contributed by atoms with Gasteiger partial charge in [0.1, 0.15) is 0 Å². The highest BCUT2D eigenvalue weighted by Crippen LogP contribution is 2.23. The van der Waals surface area contributed by atoms with E-state index in [-0.39, 0.29) is 24.0 Å². The van der Waals surface area contributed by atoms with E-state index >= 15 is 0 Å². The van der Waals surface area contributed by atoms with Gasteiger partial charge in [0, 0.05) is 57.1 Å². The lowest BCUT2D eigenvalue weighted by atomic mass is 9.89. The van der Waals surface area contributed by atoms with E-state index in [9.17, 15) is 0 Å². The van der Waals surface area contributed by atoms with E-state index in [2.05, 4.69) is 82.7 Å². The maximum atomic E-state index is 4.48. The number of aromatic nitrogens is 1. The third-order valence-electron chi connectivity index (χ3n) is 6.21. The minimum atomic E-state index is 0. The quantitative estimate of drug-likeness (QED) is 0.308. The first-order valence-corrected chi connectivity index (χ1v) is 11.2. The van der Waals surface area contributed by atoms with Gasteiger partial charge in [-0.15, -0.1) is 24.0 Å². The number of hydrogen-bond donors (Lipinski definition) is 2. The zero-order valence-electron chi connectivity index (χ0n) is 19.3. The summed E-state index contributed by atoms with van der Waals surface area (Å²) in [6.07, 6.45) is 6.07. The van der Waals surface area contributed by atoms with Crippen molar-refractivity contribution in [3.8, 4) is 0 Å². The van der Waals surface area contributed by atoms with E-state index in [4.69, 9.17) is 0 Å². The molecule has 1 aliphatic rings. The Bertz CT molecular complexity index is 781. The monoisotopic (exact) mass is 535 g/mol. The third kappa shape index (κ3) is 7.75. The molecule has 1 saturated heterocycles. The van der Waals surface area contributed by atoms with Crippen LogP contribution in [0.4, 0.5) is 0 Å². The van der Waals surface area contributed by atoms with Crippen molar-refractivity contribution in [1.82, 2.24) is 20.5 Å². The van der Waals surface area contributed by atoms with E-state index in [0.717, 1.165) is 38.4 Å². The maximum Gasteiger partial charge on any atom is 0.191 e. The van der Waals surface area contributed by atoms with Crippen LogP contribution < -0.4 is 10.6 Å². The van der Waals surface area contributed by atoms with Crippen LogP contribution in [0.3, 0.4) is 0 Å². The highest BCUT2D eigenvalue weighted by atomic mass is 127. The second-order valence-electron chi connectivity index (χ2n) is 8.76. The number of halogens is 1.